The number of amides is 3. The number of ether oxygens (including phenoxy) is 1. The Balaban J connectivity index is 1.49. The smallest absolute Gasteiger partial charge is 0.312 e. The highest BCUT2D eigenvalue weighted by atomic mass is 19.1. The molecular formula is C26H30FN5O6. The Morgan fingerprint density at radius 3 is 2.50 bits per heavy atom. The van der Waals surface area contributed by atoms with E-state index >= 15 is 0 Å². The normalized spacial score (nSPS) is 22.4. The standard InChI is InChI=1S/C26H30FN5O6/c1-30(23(36)24(37)31-10-12-38-13-11-31)26-8-6-17(7-9-26)15-32-22(35)20(33)19(29-25(26)32)21(34)28-14-16-2-4-18(27)5-3-16/h2-5,17,33H,6-15H2,1H3,(H,28,34). The lowest BCUT2D eigenvalue weighted by Crippen LogP contribution is -2.56. The number of hydrogen-bond donors (Lipinski definition) is 2. The summed E-state index contributed by atoms with van der Waals surface area (Å²) in [6.07, 6.45) is 2.31. The monoisotopic (exact) mass is 527 g/mol. The second kappa shape index (κ2) is 10.2. The van der Waals surface area contributed by atoms with E-state index in [-0.39, 0.29) is 18.3 Å². The Morgan fingerprint density at radius 2 is 1.84 bits per heavy atom. The highest BCUT2D eigenvalue weighted by Crippen LogP contribution is 2.46. The first-order chi connectivity index (χ1) is 18.2. The minimum Gasteiger partial charge on any atom is -0.501 e. The number of aromatic nitrogens is 2. The fourth-order valence-electron chi connectivity index (χ4n) is 5.64. The van der Waals surface area contributed by atoms with E-state index in [4.69, 9.17) is 4.74 Å². The van der Waals surface area contributed by atoms with Gasteiger partial charge in [-0.05, 0) is 49.3 Å². The lowest BCUT2D eigenvalue weighted by atomic mass is 9.76. The van der Waals surface area contributed by atoms with Gasteiger partial charge in [-0.2, -0.15) is 0 Å². The molecule has 1 saturated carbocycles. The Morgan fingerprint density at radius 1 is 1.18 bits per heavy atom. The van der Waals surface area contributed by atoms with Crippen molar-refractivity contribution in [1.29, 1.82) is 0 Å². The van der Waals surface area contributed by atoms with Crippen LogP contribution in [0.15, 0.2) is 29.1 Å². The van der Waals surface area contributed by atoms with Gasteiger partial charge >= 0.3 is 11.8 Å². The molecule has 2 aromatic rings. The number of aromatic hydroxyl groups is 1. The first kappa shape index (κ1) is 25.8. The summed E-state index contributed by atoms with van der Waals surface area (Å²) < 4.78 is 19.8. The van der Waals surface area contributed by atoms with Crippen LogP contribution in [0.1, 0.15) is 47.6 Å². The summed E-state index contributed by atoms with van der Waals surface area (Å²) in [5.41, 5.74) is -1.69. The molecule has 1 aliphatic carbocycles. The van der Waals surface area contributed by atoms with Crippen LogP contribution >= 0.6 is 0 Å². The number of nitrogens with zero attached hydrogens (tertiary/aromatic N) is 4. The molecule has 1 aromatic heterocycles. The van der Waals surface area contributed by atoms with Gasteiger partial charge in [-0.1, -0.05) is 12.1 Å². The third-order valence-electron chi connectivity index (χ3n) is 7.94. The van der Waals surface area contributed by atoms with Crippen molar-refractivity contribution in [2.24, 2.45) is 5.92 Å². The van der Waals surface area contributed by atoms with Gasteiger partial charge in [0.05, 0.1) is 13.2 Å². The van der Waals surface area contributed by atoms with Gasteiger partial charge in [0, 0.05) is 33.2 Å². The summed E-state index contributed by atoms with van der Waals surface area (Å²) in [5, 5.41) is 13.3. The van der Waals surface area contributed by atoms with E-state index in [0.29, 0.717) is 64.1 Å². The molecule has 0 unspecified atom stereocenters. The van der Waals surface area contributed by atoms with Crippen molar-refractivity contribution in [2.75, 3.05) is 33.4 Å². The van der Waals surface area contributed by atoms with Crippen LogP contribution in [0.4, 0.5) is 4.39 Å². The van der Waals surface area contributed by atoms with Gasteiger partial charge in [-0.15, -0.1) is 0 Å². The fraction of sp³-hybridized carbons (Fsp3) is 0.500. The number of fused-ring (bicyclic) bond motifs is 2. The van der Waals surface area contributed by atoms with Crippen molar-refractivity contribution in [3.63, 3.8) is 0 Å². The Hall–Kier alpha value is -3.80. The minimum atomic E-state index is -1.09. The number of nitrogens with one attached hydrogen (secondary N) is 1. The number of carbonyl (C=O) groups is 3. The summed E-state index contributed by atoms with van der Waals surface area (Å²) >= 11 is 0. The van der Waals surface area contributed by atoms with Gasteiger partial charge < -0.3 is 25.0 Å². The maximum Gasteiger partial charge on any atom is 0.312 e. The van der Waals surface area contributed by atoms with Crippen molar-refractivity contribution in [3.05, 3.63) is 57.5 Å². The van der Waals surface area contributed by atoms with Gasteiger partial charge in [-0.3, -0.25) is 23.7 Å². The molecule has 3 amide bonds. The van der Waals surface area contributed by atoms with Crippen LogP contribution in [0, 0.1) is 11.7 Å². The van der Waals surface area contributed by atoms with E-state index in [9.17, 15) is 28.7 Å². The third-order valence-corrected chi connectivity index (χ3v) is 7.94. The maximum absolute atomic E-state index is 13.4. The molecule has 0 atom stereocenters. The number of carbonyl (C=O) groups excluding carboxylic acids is 3. The number of rotatable bonds is 4. The van der Waals surface area contributed by atoms with Crippen LogP contribution in [0.25, 0.3) is 0 Å². The topological polar surface area (TPSA) is 134 Å². The van der Waals surface area contributed by atoms with E-state index in [1.807, 2.05) is 0 Å². The predicted molar refractivity (Wildman–Crippen MR) is 132 cm³/mol. The van der Waals surface area contributed by atoms with Crippen molar-refractivity contribution in [3.8, 4) is 5.75 Å². The molecule has 12 heteroatoms. The third kappa shape index (κ3) is 4.53. The van der Waals surface area contributed by atoms with E-state index in [1.54, 1.807) is 0 Å². The first-order valence-corrected chi connectivity index (χ1v) is 12.7. The summed E-state index contributed by atoms with van der Waals surface area (Å²) in [4.78, 5) is 60.1. The molecule has 1 saturated heterocycles. The molecule has 2 N–H and O–H groups in total. The lowest BCUT2D eigenvalue weighted by molar-refractivity contribution is -0.158. The average Bonchev–Trinajstić information content (AvgIpc) is 3.21. The summed E-state index contributed by atoms with van der Waals surface area (Å²) in [7, 11) is 1.53. The zero-order chi connectivity index (χ0) is 27.0. The molecule has 11 nitrogen and oxygen atoms in total. The molecular weight excluding hydrogens is 497 g/mol. The van der Waals surface area contributed by atoms with Crippen molar-refractivity contribution in [2.45, 2.75) is 44.3 Å². The number of morpholine rings is 1. The second-order valence-electron chi connectivity index (χ2n) is 10.1. The molecule has 4 heterocycles. The molecule has 0 radical (unpaired) electrons. The Bertz CT molecular complexity index is 1310. The fourth-order valence-corrected chi connectivity index (χ4v) is 5.64. The van der Waals surface area contributed by atoms with Gasteiger partial charge in [0.15, 0.2) is 5.69 Å². The quantitative estimate of drug-likeness (QED) is 0.560. The highest BCUT2D eigenvalue weighted by Gasteiger charge is 2.50. The Labute approximate surface area is 218 Å². The zero-order valence-electron chi connectivity index (χ0n) is 21.1. The average molecular weight is 528 g/mol. The van der Waals surface area contributed by atoms with Crippen molar-refractivity contribution in [1.82, 2.24) is 24.7 Å². The summed E-state index contributed by atoms with van der Waals surface area (Å²) in [5.74, 6) is -3.01. The second-order valence-corrected chi connectivity index (χ2v) is 10.1. The molecule has 0 spiro atoms. The van der Waals surface area contributed by atoms with Gasteiger partial charge in [0.25, 0.3) is 11.5 Å². The van der Waals surface area contributed by atoms with Gasteiger partial charge in [0.1, 0.15) is 17.2 Å². The summed E-state index contributed by atoms with van der Waals surface area (Å²) in [6.45, 7) is 1.66. The lowest BCUT2D eigenvalue weighted by Gasteiger charge is -2.43. The van der Waals surface area contributed by atoms with Crippen LogP contribution < -0.4 is 10.9 Å². The van der Waals surface area contributed by atoms with Crippen molar-refractivity contribution < 1.29 is 28.6 Å². The van der Waals surface area contributed by atoms with Gasteiger partial charge in [0.2, 0.25) is 5.75 Å². The molecule has 202 valence electrons. The van der Waals surface area contributed by atoms with E-state index in [0.717, 1.165) is 0 Å². The van der Waals surface area contributed by atoms with Crippen LogP contribution in [-0.4, -0.2) is 75.5 Å². The van der Waals surface area contributed by atoms with Crippen LogP contribution in [0.3, 0.4) is 0 Å². The van der Waals surface area contributed by atoms with Crippen LogP contribution in [0.2, 0.25) is 0 Å². The minimum absolute atomic E-state index is 0.0261. The number of halogens is 1. The molecule has 1 aromatic carbocycles. The van der Waals surface area contributed by atoms with Gasteiger partial charge in [-0.25, -0.2) is 9.37 Å². The largest absolute Gasteiger partial charge is 0.501 e. The van der Waals surface area contributed by atoms with E-state index in [2.05, 4.69) is 10.3 Å². The molecule has 2 bridgehead atoms. The number of likely N-dealkylation sites (N-methyl/N-ethyl adjacent to an activating group) is 1. The van der Waals surface area contributed by atoms with Crippen LogP contribution in [0.5, 0.6) is 5.75 Å². The van der Waals surface area contributed by atoms with E-state index in [1.165, 1.54) is 45.7 Å². The molecule has 2 fully saturated rings. The highest BCUT2D eigenvalue weighted by molar-refractivity contribution is 6.35. The predicted octanol–water partition coefficient (Wildman–Crippen LogP) is 0.734. The Kier molecular flexibility index (Phi) is 6.91. The molecule has 38 heavy (non-hydrogen) atoms. The maximum atomic E-state index is 13.4. The summed E-state index contributed by atoms with van der Waals surface area (Å²) in [6, 6.07) is 5.54. The zero-order valence-corrected chi connectivity index (χ0v) is 21.1. The molecule has 3 aliphatic heterocycles. The number of hydrogen-bond acceptors (Lipinski definition) is 7. The first-order valence-electron chi connectivity index (χ1n) is 12.7. The van der Waals surface area contributed by atoms with E-state index < -0.39 is 46.1 Å². The molecule has 4 aliphatic rings. The SMILES string of the molecule is CN(C(=O)C(=O)N1CCOCC1)C12CCC(CC1)Cn1c2nc(C(=O)NCc2ccc(F)cc2)c(O)c1=O. The molecule has 6 rings (SSSR count). The number of benzene rings is 1. The van der Waals surface area contributed by atoms with Crippen molar-refractivity contribution >= 4 is 17.7 Å². The van der Waals surface area contributed by atoms with Crippen LogP contribution in [-0.2, 0) is 33.0 Å².